The highest BCUT2D eigenvalue weighted by atomic mass is 16.5. The van der Waals surface area contributed by atoms with Gasteiger partial charge in [-0.2, -0.15) is 0 Å². The van der Waals surface area contributed by atoms with E-state index in [9.17, 15) is 4.79 Å². The first-order chi connectivity index (χ1) is 10.6. The van der Waals surface area contributed by atoms with Crippen LogP contribution in [0.1, 0.15) is 24.0 Å². The maximum Gasteiger partial charge on any atom is 0.307 e. The molecule has 1 heterocycles. The average molecular weight is 297 g/mol. The summed E-state index contributed by atoms with van der Waals surface area (Å²) in [5.74, 6) is 0.777. The number of rotatable bonds is 6. The lowest BCUT2D eigenvalue weighted by atomic mass is 10.00. The van der Waals surface area contributed by atoms with E-state index in [2.05, 4.69) is 4.98 Å². The van der Waals surface area contributed by atoms with Gasteiger partial charge in [0.25, 0.3) is 0 Å². The molecule has 114 valence electrons. The van der Waals surface area contributed by atoms with Crippen LogP contribution in [0.3, 0.4) is 0 Å². The summed E-state index contributed by atoms with van der Waals surface area (Å²) < 4.78 is 5.78. The molecular formula is C18H19NO3. The van der Waals surface area contributed by atoms with E-state index in [0.29, 0.717) is 5.56 Å². The molecule has 4 nitrogen and oxygen atoms in total. The van der Waals surface area contributed by atoms with Crippen molar-refractivity contribution in [2.75, 3.05) is 6.61 Å². The summed E-state index contributed by atoms with van der Waals surface area (Å²) in [5, 5.41) is 8.88. The van der Waals surface area contributed by atoms with Crippen molar-refractivity contribution in [2.24, 2.45) is 5.92 Å². The number of ether oxygens (including phenoxy) is 1. The molecule has 1 aliphatic rings. The predicted octanol–water partition coefficient (Wildman–Crippen LogP) is 3.47. The Balaban J connectivity index is 1.79. The van der Waals surface area contributed by atoms with Crippen LogP contribution in [0.15, 0.2) is 36.7 Å². The van der Waals surface area contributed by atoms with Gasteiger partial charge in [0.2, 0.25) is 0 Å². The fourth-order valence-electron chi connectivity index (χ4n) is 2.45. The minimum absolute atomic E-state index is 0.0114. The molecule has 1 fully saturated rings. The summed E-state index contributed by atoms with van der Waals surface area (Å²) in [5.41, 5.74) is 3.80. The van der Waals surface area contributed by atoms with Crippen LogP contribution in [0.2, 0.25) is 0 Å². The highest BCUT2D eigenvalue weighted by Gasteiger charge is 2.21. The summed E-state index contributed by atoms with van der Waals surface area (Å²) in [7, 11) is 0. The highest BCUT2D eigenvalue weighted by molar-refractivity contribution is 5.72. The summed E-state index contributed by atoms with van der Waals surface area (Å²) >= 11 is 0. The number of benzene rings is 1. The molecule has 1 aromatic carbocycles. The fraction of sp³-hybridized carbons (Fsp3) is 0.333. The van der Waals surface area contributed by atoms with Crippen molar-refractivity contribution in [2.45, 2.75) is 26.2 Å². The van der Waals surface area contributed by atoms with E-state index in [0.717, 1.165) is 35.0 Å². The van der Waals surface area contributed by atoms with Crippen molar-refractivity contribution in [1.29, 1.82) is 0 Å². The van der Waals surface area contributed by atoms with Crippen LogP contribution in [0.25, 0.3) is 11.1 Å². The second-order valence-corrected chi connectivity index (χ2v) is 5.88. The average Bonchev–Trinajstić information content (AvgIpc) is 3.29. The molecule has 1 N–H and O–H groups in total. The molecule has 0 radical (unpaired) electrons. The monoisotopic (exact) mass is 297 g/mol. The zero-order valence-electron chi connectivity index (χ0n) is 12.6. The van der Waals surface area contributed by atoms with Crippen molar-refractivity contribution in [3.05, 3.63) is 47.8 Å². The minimum atomic E-state index is -0.848. The van der Waals surface area contributed by atoms with Crippen LogP contribution in [0.5, 0.6) is 5.75 Å². The lowest BCUT2D eigenvalue weighted by Crippen LogP contribution is -2.01. The lowest BCUT2D eigenvalue weighted by molar-refractivity contribution is -0.136. The van der Waals surface area contributed by atoms with Gasteiger partial charge in [-0.3, -0.25) is 9.78 Å². The Kier molecular flexibility index (Phi) is 4.09. The highest BCUT2D eigenvalue weighted by Crippen LogP contribution is 2.31. The number of hydrogen-bond donors (Lipinski definition) is 1. The first kappa shape index (κ1) is 14.6. The van der Waals surface area contributed by atoms with Gasteiger partial charge in [0, 0.05) is 18.0 Å². The molecule has 22 heavy (non-hydrogen) atoms. The van der Waals surface area contributed by atoms with Gasteiger partial charge in [-0.15, -0.1) is 0 Å². The van der Waals surface area contributed by atoms with Gasteiger partial charge in [0.15, 0.2) is 0 Å². The Morgan fingerprint density at radius 1 is 1.32 bits per heavy atom. The van der Waals surface area contributed by atoms with Crippen LogP contribution >= 0.6 is 0 Å². The van der Waals surface area contributed by atoms with Crippen LogP contribution in [0, 0.1) is 12.8 Å². The maximum absolute atomic E-state index is 10.8. The van der Waals surface area contributed by atoms with Gasteiger partial charge in [-0.25, -0.2) is 0 Å². The number of pyridine rings is 1. The number of nitrogens with zero attached hydrogens (tertiary/aromatic N) is 1. The van der Waals surface area contributed by atoms with Crippen LogP contribution in [-0.2, 0) is 11.2 Å². The van der Waals surface area contributed by atoms with Gasteiger partial charge in [-0.1, -0.05) is 6.07 Å². The van der Waals surface area contributed by atoms with Crippen molar-refractivity contribution in [1.82, 2.24) is 4.98 Å². The van der Waals surface area contributed by atoms with Crippen LogP contribution in [0.4, 0.5) is 0 Å². The Labute approximate surface area is 129 Å². The van der Waals surface area contributed by atoms with Crippen molar-refractivity contribution in [3.8, 4) is 16.9 Å². The second-order valence-electron chi connectivity index (χ2n) is 5.88. The third-order valence-electron chi connectivity index (χ3n) is 3.84. The Morgan fingerprint density at radius 2 is 2.14 bits per heavy atom. The SMILES string of the molecule is Cc1cc(OCC2CC2)ccc1-c1cncc(CC(=O)O)c1. The van der Waals surface area contributed by atoms with E-state index in [4.69, 9.17) is 9.84 Å². The van der Waals surface area contributed by atoms with Gasteiger partial charge < -0.3 is 9.84 Å². The zero-order valence-corrected chi connectivity index (χ0v) is 12.6. The Bertz CT molecular complexity index is 692. The van der Waals surface area contributed by atoms with Crippen LogP contribution < -0.4 is 4.74 Å². The normalized spacial score (nSPS) is 13.9. The molecule has 0 atom stereocenters. The second kappa shape index (κ2) is 6.18. The Hall–Kier alpha value is -2.36. The van der Waals surface area contributed by atoms with Crippen molar-refractivity contribution in [3.63, 3.8) is 0 Å². The Morgan fingerprint density at radius 3 is 2.82 bits per heavy atom. The topological polar surface area (TPSA) is 59.4 Å². The molecule has 0 aliphatic heterocycles. The molecule has 1 aliphatic carbocycles. The van der Waals surface area contributed by atoms with Gasteiger partial charge in [0.05, 0.1) is 13.0 Å². The number of carbonyl (C=O) groups is 1. The molecule has 1 aromatic heterocycles. The lowest BCUT2D eigenvalue weighted by Gasteiger charge is -2.10. The number of aromatic nitrogens is 1. The van der Waals surface area contributed by atoms with Gasteiger partial charge in [-0.05, 0) is 60.6 Å². The smallest absolute Gasteiger partial charge is 0.307 e. The number of carboxylic acids is 1. The summed E-state index contributed by atoms with van der Waals surface area (Å²) in [4.78, 5) is 15.0. The molecule has 0 amide bonds. The summed E-state index contributed by atoms with van der Waals surface area (Å²) in [6, 6.07) is 7.89. The molecule has 0 saturated heterocycles. The molecule has 1 saturated carbocycles. The number of hydrogen-bond acceptors (Lipinski definition) is 3. The fourth-order valence-corrected chi connectivity index (χ4v) is 2.45. The number of aryl methyl sites for hydroxylation is 1. The third kappa shape index (κ3) is 3.64. The minimum Gasteiger partial charge on any atom is -0.493 e. The van der Waals surface area contributed by atoms with Crippen LogP contribution in [-0.4, -0.2) is 22.7 Å². The molecule has 3 rings (SSSR count). The molecule has 0 unspecified atom stereocenters. The number of aliphatic carboxylic acids is 1. The van der Waals surface area contributed by atoms with Gasteiger partial charge >= 0.3 is 5.97 Å². The zero-order chi connectivity index (χ0) is 15.5. The molecule has 0 bridgehead atoms. The molecule has 0 spiro atoms. The summed E-state index contributed by atoms with van der Waals surface area (Å²) in [6.45, 7) is 2.83. The molecular weight excluding hydrogens is 278 g/mol. The maximum atomic E-state index is 10.8. The number of carboxylic acid groups (broad SMARTS) is 1. The van der Waals surface area contributed by atoms with E-state index < -0.39 is 5.97 Å². The summed E-state index contributed by atoms with van der Waals surface area (Å²) in [6.07, 6.45) is 5.90. The van der Waals surface area contributed by atoms with E-state index >= 15 is 0 Å². The largest absolute Gasteiger partial charge is 0.493 e. The standard InChI is InChI=1S/C18H19NO3/c1-12-6-16(22-11-13-2-3-13)4-5-17(12)15-7-14(8-18(20)21)9-19-10-15/h4-7,9-10,13H,2-3,8,11H2,1H3,(H,20,21). The van der Waals surface area contributed by atoms with Gasteiger partial charge in [0.1, 0.15) is 5.75 Å². The quantitative estimate of drug-likeness (QED) is 0.887. The predicted molar refractivity (Wildman–Crippen MR) is 84.0 cm³/mol. The first-order valence-electron chi connectivity index (χ1n) is 7.51. The van der Waals surface area contributed by atoms with E-state index in [1.54, 1.807) is 12.4 Å². The van der Waals surface area contributed by atoms with Crippen molar-refractivity contribution < 1.29 is 14.6 Å². The van der Waals surface area contributed by atoms with E-state index in [1.165, 1.54) is 12.8 Å². The van der Waals surface area contributed by atoms with Crippen molar-refractivity contribution >= 4 is 5.97 Å². The van der Waals surface area contributed by atoms with E-state index in [1.807, 2.05) is 31.2 Å². The third-order valence-corrected chi connectivity index (χ3v) is 3.84. The molecule has 2 aromatic rings. The van der Waals surface area contributed by atoms with E-state index in [-0.39, 0.29) is 6.42 Å². The molecule has 4 heteroatoms. The first-order valence-corrected chi connectivity index (χ1v) is 7.51.